The summed E-state index contributed by atoms with van der Waals surface area (Å²) in [5.74, 6) is -0.936. The van der Waals surface area contributed by atoms with Crippen molar-refractivity contribution in [1.82, 2.24) is 14.5 Å². The number of alkyl halides is 1. The summed E-state index contributed by atoms with van der Waals surface area (Å²) in [5.41, 5.74) is 1.22. The molecule has 0 bridgehead atoms. The van der Waals surface area contributed by atoms with E-state index >= 15 is 0 Å². The molecule has 108 valence electrons. The van der Waals surface area contributed by atoms with Gasteiger partial charge < -0.3 is 0 Å². The predicted molar refractivity (Wildman–Crippen MR) is 78.1 cm³/mol. The van der Waals surface area contributed by atoms with Gasteiger partial charge in [-0.2, -0.15) is 0 Å². The Morgan fingerprint density at radius 2 is 1.81 bits per heavy atom. The molecule has 1 atom stereocenters. The van der Waals surface area contributed by atoms with Crippen LogP contribution in [-0.4, -0.2) is 14.5 Å². The maximum Gasteiger partial charge on any atom is 0.164 e. The summed E-state index contributed by atoms with van der Waals surface area (Å²) < 4.78 is 28.5. The van der Waals surface area contributed by atoms with Crippen LogP contribution in [0.1, 0.15) is 18.1 Å². The Morgan fingerprint density at radius 3 is 2.43 bits per heavy atom. The Bertz CT molecular complexity index is 810. The molecule has 0 amide bonds. The fraction of sp³-hybridized carbons (Fsp3) is 0.143. The number of aromatic nitrogens is 3. The maximum absolute atomic E-state index is 13.5. The lowest BCUT2D eigenvalue weighted by Gasteiger charge is -2.10. The van der Waals surface area contributed by atoms with Crippen molar-refractivity contribution in [3.8, 4) is 5.69 Å². The zero-order chi connectivity index (χ0) is 15.1. The summed E-state index contributed by atoms with van der Waals surface area (Å²) in [5, 5.41) is -0.0457. The van der Waals surface area contributed by atoms with Gasteiger partial charge in [0.25, 0.3) is 0 Å². The monoisotopic (exact) mass is 327 g/mol. The van der Waals surface area contributed by atoms with E-state index in [1.165, 1.54) is 22.9 Å². The lowest BCUT2D eigenvalue weighted by molar-refractivity contribution is 0.581. The van der Waals surface area contributed by atoms with Crippen molar-refractivity contribution >= 4 is 34.4 Å². The van der Waals surface area contributed by atoms with E-state index in [1.807, 2.05) is 0 Å². The average molecular weight is 328 g/mol. The van der Waals surface area contributed by atoms with Gasteiger partial charge in [-0.3, -0.25) is 4.57 Å². The van der Waals surface area contributed by atoms with Gasteiger partial charge in [0.15, 0.2) is 5.65 Å². The topological polar surface area (TPSA) is 30.7 Å². The van der Waals surface area contributed by atoms with E-state index in [0.717, 1.165) is 6.07 Å². The van der Waals surface area contributed by atoms with Crippen LogP contribution in [-0.2, 0) is 0 Å². The van der Waals surface area contributed by atoms with Crippen LogP contribution in [0.5, 0.6) is 0 Å². The van der Waals surface area contributed by atoms with Gasteiger partial charge in [0.05, 0.1) is 16.1 Å². The lowest BCUT2D eigenvalue weighted by Crippen LogP contribution is -2.03. The van der Waals surface area contributed by atoms with Crippen molar-refractivity contribution in [2.75, 3.05) is 0 Å². The van der Waals surface area contributed by atoms with E-state index < -0.39 is 17.0 Å². The van der Waals surface area contributed by atoms with Crippen molar-refractivity contribution in [1.29, 1.82) is 0 Å². The number of rotatable bonds is 2. The molecular weight excluding hydrogens is 319 g/mol. The third kappa shape index (κ3) is 2.59. The van der Waals surface area contributed by atoms with E-state index in [-0.39, 0.29) is 5.69 Å². The van der Waals surface area contributed by atoms with E-state index in [1.54, 1.807) is 13.0 Å². The third-order valence-corrected chi connectivity index (χ3v) is 3.35. The Kier molecular flexibility index (Phi) is 3.55. The number of imidazole rings is 1. The van der Waals surface area contributed by atoms with E-state index in [9.17, 15) is 8.78 Å². The van der Waals surface area contributed by atoms with Crippen LogP contribution in [0.2, 0.25) is 5.02 Å². The van der Waals surface area contributed by atoms with Crippen molar-refractivity contribution in [2.45, 2.75) is 12.3 Å². The van der Waals surface area contributed by atoms with Gasteiger partial charge in [0.1, 0.15) is 23.0 Å². The van der Waals surface area contributed by atoms with E-state index in [2.05, 4.69) is 9.97 Å². The molecule has 3 aromatic rings. The summed E-state index contributed by atoms with van der Waals surface area (Å²) in [6, 6.07) is 4.82. The van der Waals surface area contributed by atoms with Crippen molar-refractivity contribution in [3.63, 3.8) is 0 Å². The molecular formula is C14H9Cl2F2N3. The molecule has 3 nitrogen and oxygen atoms in total. The van der Waals surface area contributed by atoms with Gasteiger partial charge in [0.2, 0.25) is 0 Å². The van der Waals surface area contributed by atoms with Gasteiger partial charge in [-0.25, -0.2) is 18.7 Å². The third-order valence-electron chi connectivity index (χ3n) is 2.95. The molecule has 0 aliphatic carbocycles. The van der Waals surface area contributed by atoms with Crippen LogP contribution in [0.25, 0.3) is 16.9 Å². The Labute approximate surface area is 129 Å². The number of halogens is 4. The highest BCUT2D eigenvalue weighted by molar-refractivity contribution is 6.31. The summed E-state index contributed by atoms with van der Waals surface area (Å²) >= 11 is 12.0. The lowest BCUT2D eigenvalue weighted by atomic mass is 10.3. The van der Waals surface area contributed by atoms with Crippen LogP contribution in [0.15, 0.2) is 30.5 Å². The predicted octanol–water partition coefficient (Wildman–Crippen LogP) is 4.65. The normalized spacial score (nSPS) is 12.8. The van der Waals surface area contributed by atoms with Gasteiger partial charge >= 0.3 is 0 Å². The smallest absolute Gasteiger partial charge is 0.164 e. The Hall–Kier alpha value is -1.72. The molecule has 0 saturated carbocycles. The average Bonchev–Trinajstić information content (AvgIpc) is 2.76. The second-order valence-electron chi connectivity index (χ2n) is 4.55. The second kappa shape index (κ2) is 5.24. The van der Waals surface area contributed by atoms with E-state index in [4.69, 9.17) is 23.2 Å². The van der Waals surface area contributed by atoms with Crippen LogP contribution in [0, 0.1) is 11.6 Å². The molecule has 0 radical (unpaired) electrons. The molecule has 7 heteroatoms. The molecule has 0 N–H and O–H groups in total. The first kappa shape index (κ1) is 14.2. The first-order valence-electron chi connectivity index (χ1n) is 6.10. The van der Waals surface area contributed by atoms with Gasteiger partial charge in [0, 0.05) is 12.3 Å². The Balaban J connectivity index is 2.36. The summed E-state index contributed by atoms with van der Waals surface area (Å²) in [6.07, 6.45) is 1.44. The number of benzene rings is 1. The maximum atomic E-state index is 13.5. The molecule has 2 aromatic heterocycles. The van der Waals surface area contributed by atoms with Gasteiger partial charge in [-0.1, -0.05) is 11.6 Å². The van der Waals surface area contributed by atoms with Crippen LogP contribution >= 0.6 is 23.2 Å². The quantitative estimate of drug-likeness (QED) is 0.641. The number of fused-ring (bicyclic) bond motifs is 1. The zero-order valence-electron chi connectivity index (χ0n) is 10.8. The molecule has 0 aliphatic rings. The minimum atomic E-state index is -0.686. The van der Waals surface area contributed by atoms with E-state index in [0.29, 0.717) is 22.0 Å². The van der Waals surface area contributed by atoms with Gasteiger partial charge in [-0.05, 0) is 25.1 Å². The van der Waals surface area contributed by atoms with Crippen LogP contribution < -0.4 is 0 Å². The summed E-state index contributed by atoms with van der Waals surface area (Å²) in [6.45, 7) is 1.72. The molecule has 0 saturated heterocycles. The first-order valence-corrected chi connectivity index (χ1v) is 6.91. The second-order valence-corrected chi connectivity index (χ2v) is 5.64. The van der Waals surface area contributed by atoms with Crippen LogP contribution in [0.4, 0.5) is 8.78 Å². The molecule has 0 spiro atoms. The number of hydrogen-bond donors (Lipinski definition) is 0. The summed E-state index contributed by atoms with van der Waals surface area (Å²) in [4.78, 5) is 8.53. The molecule has 1 unspecified atom stereocenters. The molecule has 3 rings (SSSR count). The van der Waals surface area contributed by atoms with Gasteiger partial charge in [-0.15, -0.1) is 11.6 Å². The fourth-order valence-corrected chi connectivity index (χ4v) is 2.45. The minimum absolute atomic E-state index is 0.271. The van der Waals surface area contributed by atoms with Crippen LogP contribution in [0.3, 0.4) is 0 Å². The SMILES string of the molecule is CC(Cl)c1nc2cc(Cl)cnc2n1-c1cc(F)cc(F)c1. The number of pyridine rings is 1. The molecule has 0 aliphatic heterocycles. The molecule has 21 heavy (non-hydrogen) atoms. The highest BCUT2D eigenvalue weighted by Gasteiger charge is 2.18. The van der Waals surface area contributed by atoms with Crippen molar-refractivity contribution in [3.05, 3.63) is 52.9 Å². The zero-order valence-corrected chi connectivity index (χ0v) is 12.3. The fourth-order valence-electron chi connectivity index (χ4n) is 2.15. The highest BCUT2D eigenvalue weighted by atomic mass is 35.5. The number of hydrogen-bond acceptors (Lipinski definition) is 2. The highest BCUT2D eigenvalue weighted by Crippen LogP contribution is 2.28. The molecule has 0 fully saturated rings. The number of nitrogens with zero attached hydrogens (tertiary/aromatic N) is 3. The first-order chi connectivity index (χ1) is 9.95. The van der Waals surface area contributed by atoms with Crippen molar-refractivity contribution in [2.24, 2.45) is 0 Å². The van der Waals surface area contributed by atoms with Crippen molar-refractivity contribution < 1.29 is 8.78 Å². The standard InChI is InChI=1S/C14H9Cl2F2N3/c1-7(15)13-20-12-2-8(16)6-19-14(12)21(13)11-4-9(17)3-10(18)5-11/h2-7H,1H3. The molecule has 1 aromatic carbocycles. The minimum Gasteiger partial charge on any atom is -0.279 e. The largest absolute Gasteiger partial charge is 0.279 e. The molecule has 2 heterocycles. The summed E-state index contributed by atoms with van der Waals surface area (Å²) in [7, 11) is 0. The Morgan fingerprint density at radius 1 is 1.14 bits per heavy atom.